The van der Waals surface area contributed by atoms with Gasteiger partial charge in [0, 0.05) is 43.2 Å². The number of benzene rings is 1. The fourth-order valence-electron chi connectivity index (χ4n) is 7.87. The molecule has 0 radical (unpaired) electrons. The SMILES string of the molecule is COc1ccc(N(C)C)c2c1C1(OCCO1)C1=C(O)[C@@]3(Cl)[C@@H](C[C@@H]1C2)[C@H](N(C)C)C(Cl)=C(C(=O)NC(C)=O)C31OCCO1. The van der Waals surface area contributed by atoms with Crippen LogP contribution in [0.4, 0.5) is 5.69 Å². The molecule has 1 aromatic rings. The fraction of sp³-hybridized carbons (Fsp3) is 0.600. The molecule has 2 heterocycles. The zero-order chi connectivity index (χ0) is 31.1. The lowest BCUT2D eigenvalue weighted by Gasteiger charge is -2.58. The van der Waals surface area contributed by atoms with Gasteiger partial charge in [-0.05, 0) is 50.6 Å². The average molecular weight is 639 g/mol. The van der Waals surface area contributed by atoms with Gasteiger partial charge in [0.1, 0.15) is 11.5 Å². The molecule has 234 valence electrons. The number of fused-ring (bicyclic) bond motifs is 6. The largest absolute Gasteiger partial charge is 0.510 e. The first-order valence-corrected chi connectivity index (χ1v) is 15.1. The molecule has 2 fully saturated rings. The van der Waals surface area contributed by atoms with Crippen LogP contribution in [0.25, 0.3) is 0 Å². The standard InChI is InChI=1S/C30H37Cl2N3O8/c1-15(36)33-27(38)23-24(31)25(35(4)5)18-14-16-13-17-19(34(2)3)7-8-20(39-6)22(17)29(40-9-10-41-29)21(16)26(37)28(18,32)30(23)42-11-12-43-30/h7-8,16,18,25,37H,9-14H2,1-6H3,(H,33,36,38)/t16-,18-,25-,28-/m0/s1. The number of halogens is 2. The number of likely N-dealkylation sites (N-methyl/N-ethyl adjacent to an activating group) is 1. The zero-order valence-electron chi connectivity index (χ0n) is 25.1. The number of aliphatic hydroxyl groups excluding tert-OH is 1. The Balaban J connectivity index is 1.67. The summed E-state index contributed by atoms with van der Waals surface area (Å²) < 4.78 is 31.3. The summed E-state index contributed by atoms with van der Waals surface area (Å²) in [4.78, 5) is 27.7. The van der Waals surface area contributed by atoms with Gasteiger partial charge < -0.3 is 38.6 Å². The fourth-order valence-corrected chi connectivity index (χ4v) is 8.94. The van der Waals surface area contributed by atoms with Crippen molar-refractivity contribution in [2.24, 2.45) is 11.8 Å². The van der Waals surface area contributed by atoms with Gasteiger partial charge in [0.15, 0.2) is 4.87 Å². The number of alkyl halides is 1. The lowest BCUT2D eigenvalue weighted by Crippen LogP contribution is -2.69. The van der Waals surface area contributed by atoms with E-state index in [1.54, 1.807) is 7.11 Å². The first-order chi connectivity index (χ1) is 20.4. The second kappa shape index (κ2) is 10.6. The number of imide groups is 1. The number of carbonyl (C=O) groups is 2. The van der Waals surface area contributed by atoms with Crippen LogP contribution in [-0.2, 0) is 40.7 Å². The molecule has 11 nitrogen and oxygen atoms in total. The summed E-state index contributed by atoms with van der Waals surface area (Å²) in [6, 6.07) is 3.23. The molecule has 6 rings (SSSR count). The number of methoxy groups -OCH3 is 1. The maximum absolute atomic E-state index is 13.7. The molecule has 5 aliphatic rings. The van der Waals surface area contributed by atoms with E-state index in [2.05, 4.69) is 5.32 Å². The van der Waals surface area contributed by atoms with Gasteiger partial charge in [0.25, 0.3) is 5.91 Å². The number of carbonyl (C=O) groups excluding carboxylic acids is 2. The molecule has 2 spiro atoms. The molecule has 13 heteroatoms. The van der Waals surface area contributed by atoms with Crippen molar-refractivity contribution in [2.75, 3.05) is 66.6 Å². The van der Waals surface area contributed by atoms with Crippen LogP contribution in [0.3, 0.4) is 0 Å². The summed E-state index contributed by atoms with van der Waals surface area (Å²) in [6.07, 6.45) is 0.960. The third-order valence-electron chi connectivity index (χ3n) is 9.29. The molecule has 2 aliphatic heterocycles. The normalized spacial score (nSPS) is 30.4. The molecule has 3 aliphatic carbocycles. The summed E-state index contributed by atoms with van der Waals surface area (Å²) in [5.74, 6) is -5.49. The van der Waals surface area contributed by atoms with E-state index in [1.165, 1.54) is 6.92 Å². The number of hydrogen-bond donors (Lipinski definition) is 2. The van der Waals surface area contributed by atoms with Gasteiger partial charge in [-0.25, -0.2) is 0 Å². The highest BCUT2D eigenvalue weighted by molar-refractivity contribution is 6.35. The lowest BCUT2D eigenvalue weighted by atomic mass is 9.58. The van der Waals surface area contributed by atoms with E-state index in [-0.39, 0.29) is 48.7 Å². The van der Waals surface area contributed by atoms with Gasteiger partial charge in [-0.1, -0.05) is 11.6 Å². The number of amides is 2. The molecule has 2 saturated heterocycles. The second-order valence-corrected chi connectivity index (χ2v) is 13.0. The number of anilines is 1. The third kappa shape index (κ3) is 4.05. The summed E-state index contributed by atoms with van der Waals surface area (Å²) in [7, 11) is 9.17. The third-order valence-corrected chi connectivity index (χ3v) is 10.4. The number of nitrogens with one attached hydrogen (secondary N) is 1. The van der Waals surface area contributed by atoms with Crippen molar-refractivity contribution < 1.29 is 38.4 Å². The Morgan fingerprint density at radius 2 is 1.70 bits per heavy atom. The predicted octanol–water partition coefficient (Wildman–Crippen LogP) is 2.79. The smallest absolute Gasteiger partial charge is 0.260 e. The van der Waals surface area contributed by atoms with Crippen molar-refractivity contribution >= 4 is 40.7 Å². The van der Waals surface area contributed by atoms with E-state index < -0.39 is 40.2 Å². The Morgan fingerprint density at radius 3 is 2.26 bits per heavy atom. The second-order valence-electron chi connectivity index (χ2n) is 12.0. The van der Waals surface area contributed by atoms with Crippen LogP contribution in [-0.4, -0.2) is 100 Å². The first-order valence-electron chi connectivity index (χ1n) is 14.3. The van der Waals surface area contributed by atoms with Gasteiger partial charge in [-0.3, -0.25) is 14.9 Å². The number of nitrogens with zero attached hydrogens (tertiary/aromatic N) is 2. The highest BCUT2D eigenvalue weighted by Gasteiger charge is 2.74. The minimum atomic E-state index is -2.00. The maximum Gasteiger partial charge on any atom is 0.260 e. The quantitative estimate of drug-likeness (QED) is 0.477. The van der Waals surface area contributed by atoms with Gasteiger partial charge in [0.2, 0.25) is 17.5 Å². The first kappa shape index (κ1) is 30.6. The van der Waals surface area contributed by atoms with E-state index in [0.29, 0.717) is 29.7 Å². The van der Waals surface area contributed by atoms with Crippen LogP contribution < -0.4 is 15.0 Å². The van der Waals surface area contributed by atoms with Crippen LogP contribution in [0.15, 0.2) is 34.1 Å². The molecule has 0 saturated carbocycles. The van der Waals surface area contributed by atoms with Crippen LogP contribution in [0.1, 0.15) is 24.5 Å². The summed E-state index contributed by atoms with van der Waals surface area (Å²) in [5, 5.41) is 15.1. The zero-order valence-corrected chi connectivity index (χ0v) is 26.6. The van der Waals surface area contributed by atoms with Crippen molar-refractivity contribution in [1.29, 1.82) is 0 Å². The average Bonchev–Trinajstić information content (AvgIpc) is 3.61. The van der Waals surface area contributed by atoms with Crippen LogP contribution >= 0.6 is 23.2 Å². The molecule has 1 aromatic carbocycles. The summed E-state index contributed by atoms with van der Waals surface area (Å²) in [5.41, 5.74) is 2.92. The Hall–Kier alpha value is -2.38. The van der Waals surface area contributed by atoms with E-state index >= 15 is 0 Å². The molecular formula is C30H37Cl2N3O8. The monoisotopic (exact) mass is 637 g/mol. The number of rotatable bonds is 4. The molecule has 43 heavy (non-hydrogen) atoms. The molecule has 0 unspecified atom stereocenters. The number of hydrogen-bond acceptors (Lipinski definition) is 10. The molecule has 2 N–H and O–H groups in total. The predicted molar refractivity (Wildman–Crippen MR) is 158 cm³/mol. The van der Waals surface area contributed by atoms with Gasteiger partial charge >= 0.3 is 0 Å². The van der Waals surface area contributed by atoms with Crippen molar-refractivity contribution in [1.82, 2.24) is 10.2 Å². The Bertz CT molecular complexity index is 1430. The van der Waals surface area contributed by atoms with Gasteiger partial charge in [0.05, 0.1) is 50.7 Å². The van der Waals surface area contributed by atoms with Gasteiger partial charge in [-0.2, -0.15) is 0 Å². The van der Waals surface area contributed by atoms with E-state index in [0.717, 1.165) is 11.3 Å². The lowest BCUT2D eigenvalue weighted by molar-refractivity contribution is -0.191. The molecule has 4 atom stereocenters. The summed E-state index contributed by atoms with van der Waals surface area (Å²) in [6.45, 7) is 1.93. The Labute approximate surface area is 260 Å². The number of aliphatic hydroxyl groups is 1. The summed E-state index contributed by atoms with van der Waals surface area (Å²) >= 11 is 14.8. The topological polar surface area (TPSA) is 119 Å². The van der Waals surface area contributed by atoms with E-state index in [1.807, 2.05) is 50.1 Å². The maximum atomic E-state index is 13.7. The highest BCUT2D eigenvalue weighted by Crippen LogP contribution is 2.66. The van der Waals surface area contributed by atoms with E-state index in [4.69, 9.17) is 46.9 Å². The van der Waals surface area contributed by atoms with Crippen molar-refractivity contribution in [3.05, 3.63) is 45.2 Å². The van der Waals surface area contributed by atoms with Crippen LogP contribution in [0.2, 0.25) is 0 Å². The molecule has 2 amide bonds. The van der Waals surface area contributed by atoms with Crippen LogP contribution in [0.5, 0.6) is 5.75 Å². The molecular weight excluding hydrogens is 601 g/mol. The highest BCUT2D eigenvalue weighted by atomic mass is 35.5. The molecule has 0 aromatic heterocycles. The Morgan fingerprint density at radius 1 is 1.07 bits per heavy atom. The minimum absolute atomic E-state index is 0.0852. The van der Waals surface area contributed by atoms with Gasteiger partial charge in [-0.15, -0.1) is 11.6 Å². The minimum Gasteiger partial charge on any atom is -0.510 e. The van der Waals surface area contributed by atoms with Crippen LogP contribution in [0, 0.1) is 11.8 Å². The van der Waals surface area contributed by atoms with Crippen molar-refractivity contribution in [3.63, 3.8) is 0 Å². The van der Waals surface area contributed by atoms with E-state index in [9.17, 15) is 14.7 Å². The number of ether oxygens (including phenoxy) is 5. The van der Waals surface area contributed by atoms with Crippen molar-refractivity contribution in [2.45, 2.75) is 42.3 Å². The Kier molecular flexibility index (Phi) is 7.56. The van der Waals surface area contributed by atoms with Crippen molar-refractivity contribution in [3.8, 4) is 5.75 Å². The molecule has 0 bridgehead atoms.